The lowest BCUT2D eigenvalue weighted by Gasteiger charge is -2.26. The lowest BCUT2D eigenvalue weighted by Crippen LogP contribution is -2.43. The zero-order valence-electron chi connectivity index (χ0n) is 18.7. The summed E-state index contributed by atoms with van der Waals surface area (Å²) in [5, 5.41) is 7.13. The monoisotopic (exact) mass is 489 g/mol. The highest BCUT2D eigenvalue weighted by molar-refractivity contribution is 5.92. The number of alkyl halides is 3. The van der Waals surface area contributed by atoms with Crippen LogP contribution < -0.4 is 14.8 Å². The van der Waals surface area contributed by atoms with Crippen LogP contribution in [0, 0.1) is 6.92 Å². The minimum absolute atomic E-state index is 0.157. The van der Waals surface area contributed by atoms with Crippen molar-refractivity contribution in [1.82, 2.24) is 25.1 Å². The van der Waals surface area contributed by atoms with Gasteiger partial charge in [-0.15, -0.1) is 0 Å². The molecule has 1 amide bonds. The molecule has 0 spiro atoms. The lowest BCUT2D eigenvalue weighted by atomic mass is 9.99. The minimum atomic E-state index is -4.39. The number of carbonyl (C=O) groups is 1. The maximum absolute atomic E-state index is 12.7. The fourth-order valence-electron chi connectivity index (χ4n) is 3.98. The SMILES string of the molecule is Cc1cnc(-c2ccc3c(c2)C[C@@H](NC(=O)c2cc4n(n2)C[C@@H](COCC(F)(F)F)O4)CO3)cn1. The Morgan fingerprint density at radius 2 is 2.11 bits per heavy atom. The average molecular weight is 489 g/mol. The summed E-state index contributed by atoms with van der Waals surface area (Å²) in [5.74, 6) is 0.676. The van der Waals surface area contributed by atoms with E-state index in [1.165, 1.54) is 10.7 Å². The summed E-state index contributed by atoms with van der Waals surface area (Å²) >= 11 is 0. The number of rotatable bonds is 6. The molecule has 2 aliphatic rings. The second-order valence-corrected chi connectivity index (χ2v) is 8.47. The summed E-state index contributed by atoms with van der Waals surface area (Å²) in [5.41, 5.74) is 3.59. The zero-order valence-corrected chi connectivity index (χ0v) is 18.7. The predicted octanol–water partition coefficient (Wildman–Crippen LogP) is 2.72. The molecule has 0 saturated heterocycles. The van der Waals surface area contributed by atoms with Crippen LogP contribution in [0.15, 0.2) is 36.7 Å². The zero-order chi connectivity index (χ0) is 24.6. The number of fused-ring (bicyclic) bond motifs is 2. The second-order valence-electron chi connectivity index (χ2n) is 8.47. The van der Waals surface area contributed by atoms with Crippen molar-refractivity contribution in [2.75, 3.05) is 19.8 Å². The third-order valence-electron chi connectivity index (χ3n) is 5.59. The van der Waals surface area contributed by atoms with Crippen LogP contribution in [0.3, 0.4) is 0 Å². The molecule has 5 rings (SSSR count). The summed E-state index contributed by atoms with van der Waals surface area (Å²) in [4.78, 5) is 21.4. The smallest absolute Gasteiger partial charge is 0.411 e. The van der Waals surface area contributed by atoms with Crippen LogP contribution in [0.1, 0.15) is 21.7 Å². The average Bonchev–Trinajstić information content (AvgIpc) is 3.37. The molecule has 0 bridgehead atoms. The molecule has 2 atom stereocenters. The third-order valence-corrected chi connectivity index (χ3v) is 5.59. The highest BCUT2D eigenvalue weighted by atomic mass is 19.4. The number of aryl methyl sites for hydroxylation is 1. The first-order chi connectivity index (χ1) is 16.7. The Bertz CT molecular complexity index is 1210. The summed E-state index contributed by atoms with van der Waals surface area (Å²) in [6, 6.07) is 6.98. The van der Waals surface area contributed by atoms with Crippen molar-refractivity contribution in [2.45, 2.75) is 38.2 Å². The molecule has 0 radical (unpaired) electrons. The summed E-state index contributed by atoms with van der Waals surface area (Å²) in [6.45, 7) is 0.821. The highest BCUT2D eigenvalue weighted by Gasteiger charge is 2.31. The number of carbonyl (C=O) groups excluding carboxylic acids is 1. The maximum Gasteiger partial charge on any atom is 0.411 e. The maximum atomic E-state index is 12.7. The summed E-state index contributed by atoms with van der Waals surface area (Å²) < 4.78 is 54.1. The molecule has 9 nitrogen and oxygen atoms in total. The van der Waals surface area contributed by atoms with Crippen molar-refractivity contribution in [3.8, 4) is 22.9 Å². The van der Waals surface area contributed by atoms with Gasteiger partial charge in [0.25, 0.3) is 5.91 Å². The first kappa shape index (κ1) is 23.1. The van der Waals surface area contributed by atoms with E-state index in [2.05, 4.69) is 25.1 Å². The summed E-state index contributed by atoms with van der Waals surface area (Å²) in [6.07, 6.45) is -0.994. The molecule has 4 heterocycles. The van der Waals surface area contributed by atoms with E-state index < -0.39 is 24.8 Å². The van der Waals surface area contributed by atoms with Gasteiger partial charge in [0.05, 0.1) is 36.8 Å². The van der Waals surface area contributed by atoms with Crippen LogP contribution in [0.5, 0.6) is 11.6 Å². The van der Waals surface area contributed by atoms with Crippen LogP contribution >= 0.6 is 0 Å². The van der Waals surface area contributed by atoms with E-state index in [-0.39, 0.29) is 24.9 Å². The van der Waals surface area contributed by atoms with E-state index >= 15 is 0 Å². The Kier molecular flexibility index (Phi) is 6.05. The molecule has 12 heteroatoms. The Balaban J connectivity index is 1.18. The molecule has 184 valence electrons. The van der Waals surface area contributed by atoms with Gasteiger partial charge in [0.2, 0.25) is 5.88 Å². The number of amides is 1. The third kappa shape index (κ3) is 5.37. The topological polar surface area (TPSA) is 100 Å². The predicted molar refractivity (Wildman–Crippen MR) is 116 cm³/mol. The molecule has 2 aliphatic heterocycles. The first-order valence-corrected chi connectivity index (χ1v) is 11.0. The number of aromatic nitrogens is 4. The normalized spacial score (nSPS) is 18.9. The van der Waals surface area contributed by atoms with E-state index in [4.69, 9.17) is 9.47 Å². The molecule has 3 aromatic rings. The molecule has 1 aromatic carbocycles. The number of benzene rings is 1. The molecule has 0 fully saturated rings. The van der Waals surface area contributed by atoms with Gasteiger partial charge in [-0.25, -0.2) is 4.68 Å². The van der Waals surface area contributed by atoms with Crippen LogP contribution in [0.4, 0.5) is 13.2 Å². The Hall–Kier alpha value is -3.67. The van der Waals surface area contributed by atoms with E-state index in [9.17, 15) is 18.0 Å². The fraction of sp³-hybridized carbons (Fsp3) is 0.391. The Morgan fingerprint density at radius 3 is 2.86 bits per heavy atom. The Labute approximate surface area is 198 Å². The molecule has 0 aliphatic carbocycles. The second kappa shape index (κ2) is 9.17. The van der Waals surface area contributed by atoms with Gasteiger partial charge < -0.3 is 19.5 Å². The van der Waals surface area contributed by atoms with Gasteiger partial charge in [-0.3, -0.25) is 14.8 Å². The number of nitrogens with one attached hydrogen (secondary N) is 1. The molecular formula is C23H22F3N5O4. The minimum Gasteiger partial charge on any atom is -0.491 e. The lowest BCUT2D eigenvalue weighted by molar-refractivity contribution is -0.177. The Morgan fingerprint density at radius 1 is 1.26 bits per heavy atom. The van der Waals surface area contributed by atoms with Crippen molar-refractivity contribution >= 4 is 5.91 Å². The standard InChI is InChI=1S/C23H22F3N5O4/c1-13-7-28-19(8-27-13)14-2-3-20-15(4-14)5-16(10-34-20)29-22(32)18-6-21-31(30-18)9-17(35-21)11-33-12-23(24,25)26/h2-4,6-8,16-17H,5,9-12H2,1H3,(H,29,32)/t16-,17+/m1/s1. The largest absolute Gasteiger partial charge is 0.491 e. The van der Waals surface area contributed by atoms with E-state index in [0.29, 0.717) is 18.9 Å². The van der Waals surface area contributed by atoms with Crippen molar-refractivity contribution in [3.05, 3.63) is 53.6 Å². The van der Waals surface area contributed by atoms with Crippen LogP contribution in [-0.2, 0) is 17.7 Å². The quantitative estimate of drug-likeness (QED) is 0.568. The summed E-state index contributed by atoms with van der Waals surface area (Å²) in [7, 11) is 0. The molecule has 1 N–H and O–H groups in total. The van der Waals surface area contributed by atoms with Crippen molar-refractivity contribution in [3.63, 3.8) is 0 Å². The van der Waals surface area contributed by atoms with Gasteiger partial charge in [0, 0.05) is 17.8 Å². The number of nitrogens with zero attached hydrogens (tertiary/aromatic N) is 4. The van der Waals surface area contributed by atoms with E-state index in [0.717, 1.165) is 28.3 Å². The van der Waals surface area contributed by atoms with Crippen molar-refractivity contribution in [2.24, 2.45) is 0 Å². The molecule has 0 saturated carbocycles. The van der Waals surface area contributed by atoms with Gasteiger partial charge in [-0.2, -0.15) is 18.3 Å². The first-order valence-electron chi connectivity index (χ1n) is 11.0. The fourth-order valence-corrected chi connectivity index (χ4v) is 3.98. The van der Waals surface area contributed by atoms with Gasteiger partial charge in [0.15, 0.2) is 5.69 Å². The van der Waals surface area contributed by atoms with Crippen LogP contribution in [0.2, 0.25) is 0 Å². The molecule has 2 aromatic heterocycles. The van der Waals surface area contributed by atoms with Crippen molar-refractivity contribution in [1.29, 1.82) is 0 Å². The molecular weight excluding hydrogens is 467 g/mol. The van der Waals surface area contributed by atoms with E-state index in [1.54, 1.807) is 12.4 Å². The van der Waals surface area contributed by atoms with Gasteiger partial charge in [-0.05, 0) is 37.1 Å². The van der Waals surface area contributed by atoms with Gasteiger partial charge >= 0.3 is 6.18 Å². The highest BCUT2D eigenvalue weighted by Crippen LogP contribution is 2.30. The number of hydrogen-bond donors (Lipinski definition) is 1. The van der Waals surface area contributed by atoms with Gasteiger partial charge in [0.1, 0.15) is 25.1 Å². The number of halogens is 3. The van der Waals surface area contributed by atoms with Crippen LogP contribution in [0.25, 0.3) is 11.3 Å². The van der Waals surface area contributed by atoms with Gasteiger partial charge in [-0.1, -0.05) is 0 Å². The number of ether oxygens (including phenoxy) is 3. The van der Waals surface area contributed by atoms with Crippen molar-refractivity contribution < 1.29 is 32.2 Å². The molecule has 35 heavy (non-hydrogen) atoms. The van der Waals surface area contributed by atoms with Crippen LogP contribution in [-0.4, -0.2) is 63.8 Å². The van der Waals surface area contributed by atoms with E-state index in [1.807, 2.05) is 25.1 Å². The number of hydrogen-bond acceptors (Lipinski definition) is 7. The molecule has 0 unspecified atom stereocenters.